The monoisotopic (exact) mass is 442 g/mol. The predicted octanol–water partition coefficient (Wildman–Crippen LogP) is 2.71. The van der Waals surface area contributed by atoms with Crippen LogP contribution in [-0.2, 0) is 20.2 Å². The summed E-state index contributed by atoms with van der Waals surface area (Å²) >= 11 is 5.44. The summed E-state index contributed by atoms with van der Waals surface area (Å²) in [4.78, 5) is 0.575. The van der Waals surface area contributed by atoms with Crippen LogP contribution >= 0.6 is 12.2 Å². The van der Waals surface area contributed by atoms with E-state index in [0.717, 1.165) is 12.1 Å². The largest absolute Gasteiger partial charge is 0.354 e. The zero-order valence-corrected chi connectivity index (χ0v) is 17.6. The van der Waals surface area contributed by atoms with Crippen molar-refractivity contribution in [1.29, 1.82) is 0 Å². The van der Waals surface area contributed by atoms with Gasteiger partial charge in [-0.2, -0.15) is 16.8 Å². The van der Waals surface area contributed by atoms with E-state index in [4.69, 9.17) is 12.2 Å². The molecule has 28 heavy (non-hydrogen) atoms. The number of hydrogen-bond acceptors (Lipinski definition) is 5. The van der Waals surface area contributed by atoms with Gasteiger partial charge in [-0.3, -0.25) is 14.0 Å². The van der Waals surface area contributed by atoms with Crippen LogP contribution in [0.1, 0.15) is 20.8 Å². The number of rotatable bonds is 3. The normalized spacial score (nSPS) is 17.4. The molecule has 0 atom stereocenters. The van der Waals surface area contributed by atoms with Crippen molar-refractivity contribution in [2.45, 2.75) is 36.1 Å². The van der Waals surface area contributed by atoms with Crippen LogP contribution < -0.4 is 10.2 Å². The summed E-state index contributed by atoms with van der Waals surface area (Å²) in [6.07, 6.45) is 1.88. The lowest BCUT2D eigenvalue weighted by molar-refractivity contribution is 0.481. The molecule has 0 bridgehead atoms. The molecule has 11 heteroatoms. The van der Waals surface area contributed by atoms with Crippen LogP contribution in [0, 0.1) is 0 Å². The minimum absolute atomic E-state index is 0.0597. The molecule has 0 fully saturated rings. The highest BCUT2D eigenvalue weighted by atomic mass is 32.2. The van der Waals surface area contributed by atoms with Gasteiger partial charge in [0.15, 0.2) is 5.11 Å². The van der Waals surface area contributed by atoms with Crippen LogP contribution in [0.2, 0.25) is 0 Å². The first-order chi connectivity index (χ1) is 12.7. The summed E-state index contributed by atoms with van der Waals surface area (Å²) in [5.41, 5.74) is 0.491. The van der Waals surface area contributed by atoms with Crippen LogP contribution in [0.3, 0.4) is 0 Å². The molecule has 0 saturated heterocycles. The first-order valence-electron chi connectivity index (χ1n) is 8.05. The molecule has 0 unspecified atom stereocenters. The topological polar surface area (TPSA) is 124 Å². The third kappa shape index (κ3) is 3.63. The molecule has 2 aromatic carbocycles. The van der Waals surface area contributed by atoms with E-state index < -0.39 is 35.6 Å². The highest BCUT2D eigenvalue weighted by molar-refractivity contribution is 7.86. The number of benzene rings is 2. The number of allylic oxidation sites excluding steroid dienone is 1. The molecule has 0 spiro atoms. The minimum atomic E-state index is -4.70. The van der Waals surface area contributed by atoms with Crippen molar-refractivity contribution in [3.63, 3.8) is 0 Å². The summed E-state index contributed by atoms with van der Waals surface area (Å²) in [5, 5.41) is 3.25. The lowest BCUT2D eigenvalue weighted by Crippen LogP contribution is -2.53. The predicted molar refractivity (Wildman–Crippen MR) is 110 cm³/mol. The van der Waals surface area contributed by atoms with Gasteiger partial charge in [0, 0.05) is 16.5 Å². The number of fused-ring (bicyclic) bond motifs is 1. The molecule has 8 nitrogen and oxygen atoms in total. The number of hydrogen-bond donors (Lipinski definition) is 3. The second-order valence-corrected chi connectivity index (χ2v) is 10.2. The van der Waals surface area contributed by atoms with Crippen molar-refractivity contribution in [2.24, 2.45) is 0 Å². The van der Waals surface area contributed by atoms with Gasteiger partial charge in [-0.25, -0.2) is 0 Å². The Kier molecular flexibility index (Phi) is 4.79. The zero-order valence-electron chi connectivity index (χ0n) is 15.2. The van der Waals surface area contributed by atoms with Crippen LogP contribution in [-0.4, -0.2) is 36.6 Å². The Morgan fingerprint density at radius 2 is 1.61 bits per heavy atom. The van der Waals surface area contributed by atoms with Crippen LogP contribution in [0.25, 0.3) is 10.8 Å². The molecule has 0 aliphatic carbocycles. The highest BCUT2D eigenvalue weighted by Crippen LogP contribution is 2.38. The molecule has 1 aliphatic rings. The molecule has 1 aliphatic heterocycles. The van der Waals surface area contributed by atoms with Gasteiger partial charge in [-0.1, -0.05) is 12.1 Å². The number of nitrogens with one attached hydrogen (secondary N) is 1. The number of anilines is 1. The van der Waals surface area contributed by atoms with E-state index >= 15 is 0 Å². The number of thiocarbonyl (C=S) groups is 1. The van der Waals surface area contributed by atoms with Gasteiger partial charge in [-0.15, -0.1) is 0 Å². The SMILES string of the molecule is CC1=CC(C)(C)NC(=S)N1c1ccc(S(=O)(=O)O)c2cccc(S(=O)(=O)O)c12. The van der Waals surface area contributed by atoms with Crippen LogP contribution in [0.4, 0.5) is 5.69 Å². The Balaban J connectivity index is 2.48. The van der Waals surface area contributed by atoms with E-state index in [1.165, 1.54) is 18.2 Å². The van der Waals surface area contributed by atoms with E-state index in [9.17, 15) is 25.9 Å². The van der Waals surface area contributed by atoms with E-state index in [2.05, 4.69) is 5.32 Å². The van der Waals surface area contributed by atoms with Crippen LogP contribution in [0.15, 0.2) is 51.9 Å². The maximum atomic E-state index is 12.0. The summed E-state index contributed by atoms with van der Waals surface area (Å²) in [7, 11) is -9.34. The van der Waals surface area contributed by atoms with Crippen molar-refractivity contribution < 1.29 is 25.9 Å². The molecule has 1 heterocycles. The molecular formula is C17H18N2O6S3. The van der Waals surface area contributed by atoms with Gasteiger partial charge >= 0.3 is 0 Å². The quantitative estimate of drug-likeness (QED) is 0.486. The molecule has 3 N–H and O–H groups in total. The maximum absolute atomic E-state index is 12.0. The molecule has 0 aromatic heterocycles. The van der Waals surface area contributed by atoms with Gasteiger partial charge in [0.1, 0.15) is 9.79 Å². The number of nitrogens with zero attached hydrogens (tertiary/aromatic N) is 1. The molecule has 0 saturated carbocycles. The van der Waals surface area contributed by atoms with Gasteiger partial charge < -0.3 is 5.32 Å². The van der Waals surface area contributed by atoms with E-state index in [-0.39, 0.29) is 21.6 Å². The summed E-state index contributed by atoms with van der Waals surface area (Å²) in [5.74, 6) is 0. The Hall–Kier alpha value is -2.05. The Morgan fingerprint density at radius 1 is 1.00 bits per heavy atom. The van der Waals surface area contributed by atoms with Crippen molar-refractivity contribution in [3.05, 3.63) is 42.1 Å². The molecule has 3 rings (SSSR count). The van der Waals surface area contributed by atoms with Gasteiger partial charge in [0.2, 0.25) is 0 Å². The summed E-state index contributed by atoms with van der Waals surface area (Å²) in [6.45, 7) is 5.58. The average Bonchev–Trinajstić information content (AvgIpc) is 2.50. The van der Waals surface area contributed by atoms with E-state index in [1.54, 1.807) is 11.8 Å². The Morgan fingerprint density at radius 3 is 2.14 bits per heavy atom. The molecule has 0 amide bonds. The molecule has 2 aromatic rings. The molecule has 0 radical (unpaired) electrons. The van der Waals surface area contributed by atoms with E-state index in [0.29, 0.717) is 5.70 Å². The second-order valence-electron chi connectivity index (χ2n) is 6.98. The van der Waals surface area contributed by atoms with Gasteiger partial charge in [0.25, 0.3) is 20.2 Å². The lowest BCUT2D eigenvalue weighted by Gasteiger charge is -2.38. The standard InChI is InChI=1S/C17H18N2O6S3/c1-10-9-17(2,3)18-16(26)19(10)12-7-8-13(27(20,21)22)11-5-4-6-14(15(11)12)28(23,24)25/h4-9H,1-3H3,(H,18,26)(H,20,21,22)(H,23,24,25). The fraction of sp³-hybridized carbons (Fsp3) is 0.235. The first-order valence-corrected chi connectivity index (χ1v) is 11.3. The highest BCUT2D eigenvalue weighted by Gasteiger charge is 2.31. The second kappa shape index (κ2) is 6.49. The van der Waals surface area contributed by atoms with Crippen molar-refractivity contribution >= 4 is 54.0 Å². The third-order valence-corrected chi connectivity index (χ3v) is 6.38. The minimum Gasteiger partial charge on any atom is -0.354 e. The lowest BCUT2D eigenvalue weighted by atomic mass is 10.0. The summed E-state index contributed by atoms with van der Waals surface area (Å²) in [6, 6.07) is 6.28. The fourth-order valence-electron chi connectivity index (χ4n) is 3.37. The van der Waals surface area contributed by atoms with E-state index in [1.807, 2.05) is 19.9 Å². The van der Waals surface area contributed by atoms with Gasteiger partial charge in [0.05, 0.1) is 11.2 Å². The fourth-order valence-corrected chi connectivity index (χ4v) is 5.28. The zero-order chi connectivity index (χ0) is 21.1. The van der Waals surface area contributed by atoms with Crippen LogP contribution in [0.5, 0.6) is 0 Å². The molecular weight excluding hydrogens is 424 g/mol. The molecule has 150 valence electrons. The third-order valence-electron chi connectivity index (χ3n) is 4.29. The Labute approximate surface area is 168 Å². The van der Waals surface area contributed by atoms with Crippen molar-refractivity contribution in [1.82, 2.24) is 5.32 Å². The average molecular weight is 443 g/mol. The Bertz CT molecular complexity index is 1250. The van der Waals surface area contributed by atoms with Crippen molar-refractivity contribution in [3.8, 4) is 0 Å². The smallest absolute Gasteiger partial charge is 0.295 e. The summed E-state index contributed by atoms with van der Waals surface area (Å²) < 4.78 is 66.8. The maximum Gasteiger partial charge on any atom is 0.295 e. The van der Waals surface area contributed by atoms with Crippen molar-refractivity contribution in [2.75, 3.05) is 4.90 Å². The van der Waals surface area contributed by atoms with Gasteiger partial charge in [-0.05, 0) is 57.3 Å². The first kappa shape index (κ1) is 20.7.